The maximum atomic E-state index is 13.9. The van der Waals surface area contributed by atoms with Crippen molar-refractivity contribution in [1.82, 2.24) is 3.71 Å². The highest BCUT2D eigenvalue weighted by Gasteiger charge is 2.39. The van der Waals surface area contributed by atoms with E-state index in [1.807, 2.05) is 42.5 Å². The predicted octanol–water partition coefficient (Wildman–Crippen LogP) is 6.31. The van der Waals surface area contributed by atoms with Crippen LogP contribution in [-0.4, -0.2) is 26.8 Å². The average molecular weight is 558 g/mol. The number of sulfonamides is 2. The second-order valence-corrected chi connectivity index (χ2v) is 12.7. The Morgan fingerprint density at radius 1 is 0.590 bits per heavy atom. The Hall–Kier alpha value is -4.27. The minimum atomic E-state index is -4.73. The zero-order valence-corrected chi connectivity index (χ0v) is 23.1. The molecule has 0 fully saturated rings. The van der Waals surface area contributed by atoms with Crippen LogP contribution in [0.4, 0.5) is 0 Å². The highest BCUT2D eigenvalue weighted by molar-refractivity contribution is 8.04. The molecule has 0 aliphatic heterocycles. The van der Waals surface area contributed by atoms with Gasteiger partial charge < -0.3 is 0 Å². The smallest absolute Gasteiger partial charge is 0.277 e. The summed E-state index contributed by atoms with van der Waals surface area (Å²) in [5.41, 5.74) is 2.75. The Labute approximate surface area is 229 Å². The van der Waals surface area contributed by atoms with Crippen LogP contribution < -0.4 is 0 Å². The summed E-state index contributed by atoms with van der Waals surface area (Å²) in [7, 11) is -9.46. The number of hydrogen-bond acceptors (Lipinski definition) is 5. The zero-order valence-electron chi connectivity index (χ0n) is 21.4. The van der Waals surface area contributed by atoms with Gasteiger partial charge in [0.2, 0.25) is 0 Å². The van der Waals surface area contributed by atoms with Crippen molar-refractivity contribution in [2.75, 3.05) is 0 Å². The molecule has 4 aromatic carbocycles. The summed E-state index contributed by atoms with van der Waals surface area (Å²) in [5, 5.41) is 0. The first kappa shape index (κ1) is 27.8. The Morgan fingerprint density at radius 2 is 1.00 bits per heavy atom. The minimum absolute atomic E-state index is 0.156. The SMILES string of the molecule is CC(C)=C/C(=C(/C=O)N(S(=O)(=O)c1ccccc1)S(=O)(=O)c1ccccc1)c1ccc(-c2ccccc2)cc1. The van der Waals surface area contributed by atoms with Crippen LogP contribution in [0, 0.1) is 0 Å². The predicted molar refractivity (Wildman–Crippen MR) is 153 cm³/mol. The molecule has 0 spiro atoms. The quantitative estimate of drug-likeness (QED) is 0.137. The van der Waals surface area contributed by atoms with Crippen LogP contribution in [0.5, 0.6) is 0 Å². The number of rotatable bonds is 9. The lowest BCUT2D eigenvalue weighted by molar-refractivity contribution is -0.105. The second-order valence-electron chi connectivity index (χ2n) is 8.92. The molecule has 198 valence electrons. The van der Waals surface area contributed by atoms with E-state index in [-0.39, 0.29) is 25.4 Å². The fraction of sp³-hybridized carbons (Fsp3) is 0.0645. The lowest BCUT2D eigenvalue weighted by atomic mass is 9.98. The number of nitrogens with zero attached hydrogens (tertiary/aromatic N) is 1. The van der Waals surface area contributed by atoms with Gasteiger partial charge in [0, 0.05) is 5.57 Å². The number of carbonyl (C=O) groups excluding carboxylic acids is 1. The van der Waals surface area contributed by atoms with Crippen molar-refractivity contribution in [2.45, 2.75) is 23.6 Å². The standard InChI is InChI=1S/C31H27NO5S2/c1-24(2)22-30(27-20-18-26(19-21-27)25-12-6-3-7-13-25)31(23-33)32(38(34,35)28-14-8-4-9-15-28)39(36,37)29-16-10-5-11-17-29/h3-23H,1-2H3/b31-30+. The maximum absolute atomic E-state index is 13.9. The Morgan fingerprint density at radius 3 is 1.41 bits per heavy atom. The summed E-state index contributed by atoms with van der Waals surface area (Å²) in [6.07, 6.45) is 1.89. The van der Waals surface area contributed by atoms with Crippen LogP contribution in [-0.2, 0) is 24.8 Å². The third-order valence-electron chi connectivity index (χ3n) is 5.84. The number of allylic oxidation sites excluding steroid dienone is 4. The lowest BCUT2D eigenvalue weighted by Gasteiger charge is -2.26. The van der Waals surface area contributed by atoms with Gasteiger partial charge in [-0.15, -0.1) is 0 Å². The number of aldehydes is 1. The third kappa shape index (κ3) is 5.92. The van der Waals surface area contributed by atoms with Gasteiger partial charge in [0.25, 0.3) is 20.0 Å². The highest BCUT2D eigenvalue weighted by Crippen LogP contribution is 2.33. The Bertz CT molecular complexity index is 1650. The molecule has 0 saturated carbocycles. The van der Waals surface area contributed by atoms with E-state index in [0.717, 1.165) is 16.7 Å². The van der Waals surface area contributed by atoms with Crippen LogP contribution >= 0.6 is 0 Å². The zero-order chi connectivity index (χ0) is 28.0. The minimum Gasteiger partial charge on any atom is -0.296 e. The molecule has 8 heteroatoms. The van der Waals surface area contributed by atoms with E-state index in [4.69, 9.17) is 0 Å². The van der Waals surface area contributed by atoms with Crippen LogP contribution in [0.15, 0.2) is 142 Å². The van der Waals surface area contributed by atoms with Crippen molar-refractivity contribution in [1.29, 1.82) is 0 Å². The first-order valence-corrected chi connectivity index (χ1v) is 14.9. The monoisotopic (exact) mass is 557 g/mol. The van der Waals surface area contributed by atoms with E-state index < -0.39 is 25.7 Å². The molecule has 6 nitrogen and oxygen atoms in total. The molecule has 0 bridgehead atoms. The number of hydrogen-bond donors (Lipinski definition) is 0. The third-order valence-corrected chi connectivity index (χ3v) is 10.0. The summed E-state index contributed by atoms with van der Waals surface area (Å²) < 4.78 is 56.0. The van der Waals surface area contributed by atoms with Crippen LogP contribution in [0.25, 0.3) is 16.7 Å². The molecule has 39 heavy (non-hydrogen) atoms. The molecule has 4 aromatic rings. The van der Waals surface area contributed by atoms with Gasteiger partial charge in [-0.3, -0.25) is 4.79 Å². The average Bonchev–Trinajstić information content (AvgIpc) is 2.96. The molecule has 0 aliphatic rings. The van der Waals surface area contributed by atoms with E-state index >= 15 is 0 Å². The number of benzene rings is 4. The Kier molecular flexibility index (Phi) is 8.28. The molecule has 0 aliphatic carbocycles. The van der Waals surface area contributed by atoms with E-state index in [2.05, 4.69) is 0 Å². The van der Waals surface area contributed by atoms with Crippen LogP contribution in [0.3, 0.4) is 0 Å². The van der Waals surface area contributed by atoms with Crippen LogP contribution in [0.1, 0.15) is 19.4 Å². The van der Waals surface area contributed by atoms with Crippen molar-refractivity contribution in [3.8, 4) is 11.1 Å². The molecular weight excluding hydrogens is 530 g/mol. The first-order valence-electron chi connectivity index (χ1n) is 12.1. The van der Waals surface area contributed by atoms with E-state index in [9.17, 15) is 21.6 Å². The van der Waals surface area contributed by atoms with Gasteiger partial charge in [-0.25, -0.2) is 16.8 Å². The first-order chi connectivity index (χ1) is 18.7. The van der Waals surface area contributed by atoms with Gasteiger partial charge in [-0.1, -0.05) is 103 Å². The molecule has 4 rings (SSSR count). The summed E-state index contributed by atoms with van der Waals surface area (Å²) >= 11 is 0. The summed E-state index contributed by atoms with van der Waals surface area (Å²) in [6, 6.07) is 31.2. The summed E-state index contributed by atoms with van der Waals surface area (Å²) in [4.78, 5) is 12.2. The largest absolute Gasteiger partial charge is 0.296 e. The van der Waals surface area contributed by atoms with Crippen molar-refractivity contribution >= 4 is 31.9 Å². The Balaban J connectivity index is 2.01. The fourth-order valence-electron chi connectivity index (χ4n) is 4.04. The molecule has 0 unspecified atom stereocenters. The van der Waals surface area contributed by atoms with Gasteiger partial charge in [0.15, 0.2) is 6.29 Å². The van der Waals surface area contributed by atoms with E-state index in [1.165, 1.54) is 48.5 Å². The van der Waals surface area contributed by atoms with Crippen molar-refractivity contribution < 1.29 is 21.6 Å². The molecule has 0 aromatic heterocycles. The van der Waals surface area contributed by atoms with E-state index in [0.29, 0.717) is 5.56 Å². The molecule has 0 atom stereocenters. The van der Waals surface area contributed by atoms with Gasteiger partial charge in [0.05, 0.1) is 9.79 Å². The van der Waals surface area contributed by atoms with E-state index in [1.54, 1.807) is 44.2 Å². The van der Waals surface area contributed by atoms with Crippen LogP contribution in [0.2, 0.25) is 0 Å². The summed E-state index contributed by atoms with van der Waals surface area (Å²) in [5.74, 6) is 0. The van der Waals surface area contributed by atoms with Crippen molar-refractivity contribution in [3.63, 3.8) is 0 Å². The molecule has 0 radical (unpaired) electrons. The fourth-order valence-corrected chi connectivity index (χ4v) is 7.77. The van der Waals surface area contributed by atoms with Crippen molar-refractivity contribution in [2.24, 2.45) is 0 Å². The summed E-state index contributed by atoms with van der Waals surface area (Å²) in [6.45, 7) is 3.56. The molecule has 0 N–H and O–H groups in total. The van der Waals surface area contributed by atoms with Gasteiger partial charge in [-0.05, 0) is 54.8 Å². The second kappa shape index (κ2) is 11.6. The lowest BCUT2D eigenvalue weighted by Crippen LogP contribution is -2.37. The van der Waals surface area contributed by atoms with Gasteiger partial charge in [-0.2, -0.15) is 3.71 Å². The topological polar surface area (TPSA) is 88.6 Å². The molecule has 0 saturated heterocycles. The molecular formula is C31H27NO5S2. The molecule has 0 heterocycles. The molecule has 0 amide bonds. The normalized spacial score (nSPS) is 12.3. The van der Waals surface area contributed by atoms with Crippen molar-refractivity contribution in [3.05, 3.63) is 138 Å². The highest BCUT2D eigenvalue weighted by atomic mass is 32.3. The maximum Gasteiger partial charge on any atom is 0.277 e. The van der Waals surface area contributed by atoms with Gasteiger partial charge in [0.1, 0.15) is 5.70 Å². The number of carbonyl (C=O) groups is 1. The van der Waals surface area contributed by atoms with Gasteiger partial charge >= 0.3 is 0 Å².